The molecule has 16 heavy (non-hydrogen) atoms. The Morgan fingerprint density at radius 3 is 2.88 bits per heavy atom. The van der Waals surface area contributed by atoms with Crippen molar-refractivity contribution in [1.82, 2.24) is 14.8 Å². The summed E-state index contributed by atoms with van der Waals surface area (Å²) in [6, 6.07) is 0.353. The molecule has 2 atom stereocenters. The van der Waals surface area contributed by atoms with Crippen LogP contribution < -0.4 is 5.73 Å². The second kappa shape index (κ2) is 4.95. The van der Waals surface area contributed by atoms with Gasteiger partial charge in [0.2, 0.25) is 0 Å². The maximum Gasteiger partial charge on any atom is 0.136 e. The Morgan fingerprint density at radius 2 is 2.19 bits per heavy atom. The van der Waals surface area contributed by atoms with Crippen LogP contribution >= 0.6 is 0 Å². The van der Waals surface area contributed by atoms with Crippen molar-refractivity contribution in [1.29, 1.82) is 0 Å². The van der Waals surface area contributed by atoms with Crippen molar-refractivity contribution in [3.05, 3.63) is 11.6 Å². The molecule has 2 N–H and O–H groups in total. The molecule has 1 aliphatic rings. The van der Waals surface area contributed by atoms with Gasteiger partial charge in [-0.3, -0.25) is 0 Å². The minimum atomic E-state index is 0.353. The van der Waals surface area contributed by atoms with Crippen molar-refractivity contribution in [2.24, 2.45) is 5.73 Å². The van der Waals surface area contributed by atoms with Gasteiger partial charge in [-0.05, 0) is 32.6 Å². The Kier molecular flexibility index (Phi) is 3.59. The molecule has 90 valence electrons. The number of nitrogens with zero attached hydrogens (tertiary/aromatic N) is 3. The maximum absolute atomic E-state index is 6.04. The molecule has 2 rings (SSSR count). The molecular weight excluding hydrogens is 200 g/mol. The predicted octanol–water partition coefficient (Wildman–Crippen LogP) is 1.98. The normalized spacial score (nSPS) is 25.9. The van der Waals surface area contributed by atoms with E-state index in [1.807, 2.05) is 6.92 Å². The van der Waals surface area contributed by atoms with E-state index in [9.17, 15) is 0 Å². The molecule has 4 nitrogen and oxygen atoms in total. The van der Waals surface area contributed by atoms with Gasteiger partial charge in [0.25, 0.3) is 0 Å². The molecule has 2 unspecified atom stereocenters. The van der Waals surface area contributed by atoms with Gasteiger partial charge in [-0.15, -0.1) is 10.2 Å². The van der Waals surface area contributed by atoms with Crippen LogP contribution in [0.2, 0.25) is 0 Å². The summed E-state index contributed by atoms with van der Waals surface area (Å²) >= 11 is 0. The maximum atomic E-state index is 6.04. The number of hydrogen-bond acceptors (Lipinski definition) is 3. The van der Waals surface area contributed by atoms with Crippen LogP contribution in [-0.2, 0) is 6.54 Å². The van der Waals surface area contributed by atoms with Crippen LogP contribution in [0.5, 0.6) is 0 Å². The molecule has 1 fully saturated rings. The van der Waals surface area contributed by atoms with E-state index in [1.165, 1.54) is 12.8 Å². The fourth-order valence-electron chi connectivity index (χ4n) is 2.66. The highest BCUT2D eigenvalue weighted by molar-refractivity contribution is 5.03. The van der Waals surface area contributed by atoms with Gasteiger partial charge in [-0.2, -0.15) is 0 Å². The summed E-state index contributed by atoms with van der Waals surface area (Å²) in [6.07, 6.45) is 5.81. The molecular formula is C12H22N4. The zero-order chi connectivity index (χ0) is 11.5. The molecule has 1 saturated carbocycles. The van der Waals surface area contributed by atoms with Crippen LogP contribution in [0.1, 0.15) is 56.6 Å². The molecule has 0 aromatic carbocycles. The number of nitrogens with two attached hydrogens (primary N) is 1. The molecule has 0 spiro atoms. The van der Waals surface area contributed by atoms with Crippen LogP contribution in [0.3, 0.4) is 0 Å². The lowest BCUT2D eigenvalue weighted by Crippen LogP contribution is -2.28. The van der Waals surface area contributed by atoms with Crippen molar-refractivity contribution < 1.29 is 0 Å². The SMILES string of the molecule is CCCn1c(C)nnc1C1CCCC(N)C1. The fraction of sp³-hybridized carbons (Fsp3) is 0.833. The van der Waals surface area contributed by atoms with E-state index in [0.717, 1.165) is 37.5 Å². The van der Waals surface area contributed by atoms with Gasteiger partial charge in [0.15, 0.2) is 0 Å². The van der Waals surface area contributed by atoms with Gasteiger partial charge in [0, 0.05) is 18.5 Å². The lowest BCUT2D eigenvalue weighted by atomic mass is 9.85. The standard InChI is InChI=1S/C12H22N4/c1-3-7-16-9(2)14-15-12(16)10-5-4-6-11(13)8-10/h10-11H,3-8,13H2,1-2H3. The van der Waals surface area contributed by atoms with Crippen molar-refractivity contribution in [2.75, 3.05) is 0 Å². The van der Waals surface area contributed by atoms with E-state index < -0.39 is 0 Å². The van der Waals surface area contributed by atoms with Gasteiger partial charge >= 0.3 is 0 Å². The van der Waals surface area contributed by atoms with E-state index in [1.54, 1.807) is 0 Å². The van der Waals surface area contributed by atoms with Gasteiger partial charge in [0.05, 0.1) is 0 Å². The Balaban J connectivity index is 2.18. The number of aromatic nitrogens is 3. The summed E-state index contributed by atoms with van der Waals surface area (Å²) in [6.45, 7) is 5.25. The second-order valence-electron chi connectivity index (χ2n) is 4.88. The van der Waals surface area contributed by atoms with Gasteiger partial charge < -0.3 is 10.3 Å². The summed E-state index contributed by atoms with van der Waals surface area (Å²) < 4.78 is 2.27. The van der Waals surface area contributed by atoms with Crippen LogP contribution in [-0.4, -0.2) is 20.8 Å². The third-order valence-corrected chi connectivity index (χ3v) is 3.49. The number of hydrogen-bond donors (Lipinski definition) is 1. The smallest absolute Gasteiger partial charge is 0.136 e. The number of rotatable bonds is 3. The summed E-state index contributed by atoms with van der Waals surface area (Å²) in [5, 5.41) is 8.56. The highest BCUT2D eigenvalue weighted by Crippen LogP contribution is 2.31. The average molecular weight is 222 g/mol. The van der Waals surface area contributed by atoms with Crippen molar-refractivity contribution in [3.8, 4) is 0 Å². The molecule has 1 aromatic rings. The average Bonchev–Trinajstić information content (AvgIpc) is 2.61. The Labute approximate surface area is 97.2 Å². The molecule has 1 heterocycles. The van der Waals surface area contributed by atoms with E-state index >= 15 is 0 Å². The van der Waals surface area contributed by atoms with E-state index in [-0.39, 0.29) is 0 Å². The first-order valence-electron chi connectivity index (χ1n) is 6.37. The van der Waals surface area contributed by atoms with Gasteiger partial charge in [0.1, 0.15) is 11.6 Å². The summed E-state index contributed by atoms with van der Waals surface area (Å²) in [4.78, 5) is 0. The minimum absolute atomic E-state index is 0.353. The highest BCUT2D eigenvalue weighted by atomic mass is 15.3. The summed E-state index contributed by atoms with van der Waals surface area (Å²) in [5.74, 6) is 2.72. The Bertz CT molecular complexity index is 345. The lowest BCUT2D eigenvalue weighted by molar-refractivity contribution is 0.371. The molecule has 1 aliphatic carbocycles. The van der Waals surface area contributed by atoms with Crippen LogP contribution in [0.4, 0.5) is 0 Å². The topological polar surface area (TPSA) is 56.7 Å². The quantitative estimate of drug-likeness (QED) is 0.850. The first-order valence-corrected chi connectivity index (χ1v) is 6.37. The summed E-state index contributed by atoms with van der Waals surface area (Å²) in [7, 11) is 0. The molecule has 0 amide bonds. The fourth-order valence-corrected chi connectivity index (χ4v) is 2.66. The Hall–Kier alpha value is -0.900. The minimum Gasteiger partial charge on any atom is -0.328 e. The zero-order valence-corrected chi connectivity index (χ0v) is 10.3. The first kappa shape index (κ1) is 11.6. The molecule has 1 aromatic heterocycles. The van der Waals surface area contributed by atoms with Crippen LogP contribution in [0.15, 0.2) is 0 Å². The summed E-state index contributed by atoms with van der Waals surface area (Å²) in [5.41, 5.74) is 6.04. The van der Waals surface area contributed by atoms with Gasteiger partial charge in [-0.1, -0.05) is 13.3 Å². The molecule has 0 bridgehead atoms. The molecule has 0 radical (unpaired) electrons. The van der Waals surface area contributed by atoms with E-state index in [0.29, 0.717) is 12.0 Å². The lowest BCUT2D eigenvalue weighted by Gasteiger charge is -2.26. The second-order valence-corrected chi connectivity index (χ2v) is 4.88. The van der Waals surface area contributed by atoms with Crippen molar-refractivity contribution in [3.63, 3.8) is 0 Å². The van der Waals surface area contributed by atoms with Crippen molar-refractivity contribution in [2.45, 2.75) is 64.5 Å². The molecule has 4 heteroatoms. The Morgan fingerprint density at radius 1 is 1.38 bits per heavy atom. The largest absolute Gasteiger partial charge is 0.328 e. The molecule has 0 saturated heterocycles. The predicted molar refractivity (Wildman–Crippen MR) is 64.2 cm³/mol. The van der Waals surface area contributed by atoms with E-state index in [2.05, 4.69) is 21.7 Å². The van der Waals surface area contributed by atoms with E-state index in [4.69, 9.17) is 5.73 Å². The zero-order valence-electron chi connectivity index (χ0n) is 10.3. The highest BCUT2D eigenvalue weighted by Gasteiger charge is 2.25. The van der Waals surface area contributed by atoms with Crippen LogP contribution in [0.25, 0.3) is 0 Å². The van der Waals surface area contributed by atoms with Gasteiger partial charge in [-0.25, -0.2) is 0 Å². The molecule has 0 aliphatic heterocycles. The van der Waals surface area contributed by atoms with Crippen LogP contribution in [0, 0.1) is 6.92 Å². The first-order chi connectivity index (χ1) is 7.72. The monoisotopic (exact) mass is 222 g/mol. The number of aryl methyl sites for hydroxylation is 1. The third kappa shape index (κ3) is 2.26. The van der Waals surface area contributed by atoms with Crippen molar-refractivity contribution >= 4 is 0 Å². The third-order valence-electron chi connectivity index (χ3n) is 3.49.